The summed E-state index contributed by atoms with van der Waals surface area (Å²) in [5.41, 5.74) is 0.140. The highest BCUT2D eigenvalue weighted by Crippen LogP contribution is 2.12. The molecule has 2 aromatic heterocycles. The number of hydrogen-bond donors (Lipinski definition) is 0. The zero-order chi connectivity index (χ0) is 23.6. The van der Waals surface area contributed by atoms with Crippen molar-refractivity contribution in [3.63, 3.8) is 0 Å². The van der Waals surface area contributed by atoms with Crippen LogP contribution in [0.15, 0.2) is 53.6 Å². The van der Waals surface area contributed by atoms with Crippen molar-refractivity contribution < 1.29 is 18.3 Å². The van der Waals surface area contributed by atoms with Crippen LogP contribution in [0.2, 0.25) is 0 Å². The molecule has 0 saturated carbocycles. The average Bonchev–Trinajstić information content (AvgIpc) is 2.82. The summed E-state index contributed by atoms with van der Waals surface area (Å²) < 4.78 is 33.0. The summed E-state index contributed by atoms with van der Waals surface area (Å²) >= 11 is 0. The number of halogens is 2. The first kappa shape index (κ1) is 24.2. The number of nitrogens with zero attached hydrogens (tertiary/aromatic N) is 3. The molecule has 0 saturated heterocycles. The molecule has 0 bridgehead atoms. The molecule has 3 rings (SSSR count). The molecule has 0 aliphatic carbocycles. The van der Waals surface area contributed by atoms with Gasteiger partial charge in [-0.3, -0.25) is 9.59 Å². The van der Waals surface area contributed by atoms with Crippen LogP contribution in [0, 0.1) is 11.6 Å². The lowest BCUT2D eigenvalue weighted by molar-refractivity contribution is 0.0977. The molecule has 8 heteroatoms. The van der Waals surface area contributed by atoms with Crippen LogP contribution in [0.1, 0.15) is 60.3 Å². The first-order valence-electron chi connectivity index (χ1n) is 11.0. The number of unbranched alkanes of at least 4 members (excludes halogenated alkanes) is 4. The number of ether oxygens (including phenoxy) is 1. The van der Waals surface area contributed by atoms with Crippen molar-refractivity contribution in [2.75, 3.05) is 7.11 Å². The number of ketones is 1. The first-order valence-corrected chi connectivity index (χ1v) is 11.0. The first-order chi connectivity index (χ1) is 16.0. The van der Waals surface area contributed by atoms with Crippen LogP contribution in [0.5, 0.6) is 5.88 Å². The Bertz CT molecular complexity index is 1150. The third kappa shape index (κ3) is 7.03. The normalized spacial score (nSPS) is 10.9. The maximum absolute atomic E-state index is 13.4. The standard InChI is InChI=1S/C25H27F2N3O3/c1-33-24-13-14-28-23(29-24)10-6-4-2-3-5-9-22(31)19-8-7-15-30(25(19)32)17-18-11-12-20(26)21(27)16-18/h7-8,11-16H,2-6,9-10,17H2,1H3. The second kappa shape index (κ2) is 12.0. The van der Waals surface area contributed by atoms with E-state index in [2.05, 4.69) is 9.97 Å². The second-order valence-electron chi connectivity index (χ2n) is 7.81. The number of methoxy groups -OCH3 is 1. The van der Waals surface area contributed by atoms with E-state index in [9.17, 15) is 18.4 Å². The van der Waals surface area contributed by atoms with Crippen molar-refractivity contribution in [1.82, 2.24) is 14.5 Å². The van der Waals surface area contributed by atoms with Gasteiger partial charge in [-0.05, 0) is 42.7 Å². The van der Waals surface area contributed by atoms with Crippen LogP contribution in [0.4, 0.5) is 8.78 Å². The summed E-state index contributed by atoms with van der Waals surface area (Å²) in [5.74, 6) is -0.798. The van der Waals surface area contributed by atoms with Gasteiger partial charge in [0.15, 0.2) is 17.4 Å². The Labute approximate surface area is 191 Å². The molecule has 6 nitrogen and oxygen atoms in total. The fourth-order valence-corrected chi connectivity index (χ4v) is 3.56. The highest BCUT2D eigenvalue weighted by Gasteiger charge is 2.13. The zero-order valence-electron chi connectivity index (χ0n) is 18.6. The number of Topliss-reactive ketones (excluding diaryl/α,β-unsaturated/α-hetero) is 1. The summed E-state index contributed by atoms with van der Waals surface area (Å²) in [6.07, 6.45) is 8.81. The molecule has 0 N–H and O–H groups in total. The Morgan fingerprint density at radius 3 is 2.61 bits per heavy atom. The Morgan fingerprint density at radius 1 is 1.03 bits per heavy atom. The van der Waals surface area contributed by atoms with Gasteiger partial charge in [-0.25, -0.2) is 13.8 Å². The van der Waals surface area contributed by atoms with E-state index in [1.54, 1.807) is 25.4 Å². The molecule has 2 heterocycles. The lowest BCUT2D eigenvalue weighted by Crippen LogP contribution is -2.26. The smallest absolute Gasteiger partial charge is 0.261 e. The summed E-state index contributed by atoms with van der Waals surface area (Å²) in [6.45, 7) is 0.0636. The van der Waals surface area contributed by atoms with Crippen LogP contribution >= 0.6 is 0 Å². The van der Waals surface area contributed by atoms with E-state index in [0.29, 0.717) is 24.3 Å². The number of carbonyl (C=O) groups excluding carboxylic acids is 1. The largest absolute Gasteiger partial charge is 0.481 e. The molecule has 1 aromatic carbocycles. The number of aryl methyl sites for hydroxylation is 1. The van der Waals surface area contributed by atoms with Crippen molar-refractivity contribution in [3.05, 3.63) is 87.7 Å². The predicted molar refractivity (Wildman–Crippen MR) is 120 cm³/mol. The van der Waals surface area contributed by atoms with Crippen molar-refractivity contribution >= 4 is 5.78 Å². The minimum absolute atomic E-state index is 0.0636. The molecule has 0 radical (unpaired) electrons. The van der Waals surface area contributed by atoms with Crippen molar-refractivity contribution in [3.8, 4) is 5.88 Å². The van der Waals surface area contributed by atoms with Gasteiger partial charge in [-0.2, -0.15) is 4.98 Å². The lowest BCUT2D eigenvalue weighted by atomic mass is 10.0. The molecule has 0 fully saturated rings. The van der Waals surface area contributed by atoms with E-state index in [1.807, 2.05) is 0 Å². The van der Waals surface area contributed by atoms with Crippen LogP contribution < -0.4 is 10.3 Å². The number of hydrogen-bond acceptors (Lipinski definition) is 5. The zero-order valence-corrected chi connectivity index (χ0v) is 18.6. The van der Waals surface area contributed by atoms with E-state index in [4.69, 9.17) is 4.74 Å². The highest BCUT2D eigenvalue weighted by atomic mass is 19.2. The van der Waals surface area contributed by atoms with Gasteiger partial charge in [0.1, 0.15) is 5.82 Å². The van der Waals surface area contributed by atoms with Crippen molar-refractivity contribution in [1.29, 1.82) is 0 Å². The molecule has 0 spiro atoms. The number of benzene rings is 1. The third-order valence-electron chi connectivity index (χ3n) is 5.35. The van der Waals surface area contributed by atoms with Gasteiger partial charge in [-0.15, -0.1) is 0 Å². The van der Waals surface area contributed by atoms with E-state index in [0.717, 1.165) is 50.1 Å². The Kier molecular flexibility index (Phi) is 8.80. The number of carbonyl (C=O) groups is 1. The molecule has 33 heavy (non-hydrogen) atoms. The summed E-state index contributed by atoms with van der Waals surface area (Å²) in [5, 5.41) is 0. The summed E-state index contributed by atoms with van der Waals surface area (Å²) in [6, 6.07) is 8.34. The second-order valence-corrected chi connectivity index (χ2v) is 7.81. The molecule has 0 amide bonds. The fourth-order valence-electron chi connectivity index (χ4n) is 3.56. The number of rotatable bonds is 12. The molecule has 0 aliphatic heterocycles. The molecule has 0 aliphatic rings. The molecular weight excluding hydrogens is 428 g/mol. The molecule has 0 unspecified atom stereocenters. The fraction of sp³-hybridized carbons (Fsp3) is 0.360. The monoisotopic (exact) mass is 455 g/mol. The Morgan fingerprint density at radius 2 is 1.82 bits per heavy atom. The summed E-state index contributed by atoms with van der Waals surface area (Å²) in [4.78, 5) is 33.7. The van der Waals surface area contributed by atoms with Gasteiger partial charge in [0.25, 0.3) is 5.56 Å². The van der Waals surface area contributed by atoms with E-state index in [-0.39, 0.29) is 17.9 Å². The molecular formula is C25H27F2N3O3. The quantitative estimate of drug-likeness (QED) is 0.291. The number of aromatic nitrogens is 3. The van der Waals surface area contributed by atoms with Gasteiger partial charge >= 0.3 is 0 Å². The third-order valence-corrected chi connectivity index (χ3v) is 5.35. The number of pyridine rings is 1. The minimum atomic E-state index is -0.969. The van der Waals surface area contributed by atoms with Gasteiger partial charge < -0.3 is 9.30 Å². The van der Waals surface area contributed by atoms with Crippen LogP contribution in [0.25, 0.3) is 0 Å². The van der Waals surface area contributed by atoms with Gasteiger partial charge in [0, 0.05) is 31.3 Å². The van der Waals surface area contributed by atoms with Crippen molar-refractivity contribution in [2.45, 2.75) is 51.5 Å². The van der Waals surface area contributed by atoms with Gasteiger partial charge in [0.2, 0.25) is 5.88 Å². The van der Waals surface area contributed by atoms with Crippen molar-refractivity contribution in [2.24, 2.45) is 0 Å². The average molecular weight is 456 g/mol. The van der Waals surface area contributed by atoms with Crippen LogP contribution in [-0.2, 0) is 13.0 Å². The molecule has 3 aromatic rings. The minimum Gasteiger partial charge on any atom is -0.481 e. The topological polar surface area (TPSA) is 74.1 Å². The highest BCUT2D eigenvalue weighted by molar-refractivity contribution is 5.95. The molecule has 0 atom stereocenters. The maximum Gasteiger partial charge on any atom is 0.261 e. The van der Waals surface area contributed by atoms with Gasteiger partial charge in [-0.1, -0.05) is 25.3 Å². The summed E-state index contributed by atoms with van der Waals surface area (Å²) in [7, 11) is 1.57. The van der Waals surface area contributed by atoms with E-state index < -0.39 is 17.2 Å². The van der Waals surface area contributed by atoms with Crippen LogP contribution in [-0.4, -0.2) is 27.4 Å². The maximum atomic E-state index is 13.4. The Hall–Kier alpha value is -3.42. The Balaban J connectivity index is 1.43. The van der Waals surface area contributed by atoms with E-state index in [1.165, 1.54) is 22.9 Å². The predicted octanol–water partition coefficient (Wildman–Crippen LogP) is 4.74. The lowest BCUT2D eigenvalue weighted by Gasteiger charge is -2.08. The molecule has 174 valence electrons. The van der Waals surface area contributed by atoms with Crippen LogP contribution in [0.3, 0.4) is 0 Å². The van der Waals surface area contributed by atoms with E-state index >= 15 is 0 Å². The SMILES string of the molecule is COc1ccnc(CCCCCCCC(=O)c2cccn(Cc3ccc(F)c(F)c3)c2=O)n1. The van der Waals surface area contributed by atoms with Gasteiger partial charge in [0.05, 0.1) is 19.2 Å².